The molecule has 1 N–H and O–H groups in total. The Morgan fingerprint density at radius 3 is 2.83 bits per heavy atom. The van der Waals surface area contributed by atoms with Gasteiger partial charge in [-0.2, -0.15) is 0 Å². The Labute approximate surface area is 143 Å². The highest BCUT2D eigenvalue weighted by molar-refractivity contribution is 5.78. The average Bonchev–Trinajstić information content (AvgIpc) is 2.60. The van der Waals surface area contributed by atoms with Crippen LogP contribution in [0.25, 0.3) is 0 Å². The van der Waals surface area contributed by atoms with Crippen molar-refractivity contribution in [3.05, 3.63) is 30.1 Å². The monoisotopic (exact) mass is 334 g/mol. The number of carbonyl (C=O) groups is 2. The molecule has 0 unspecified atom stereocenters. The zero-order chi connectivity index (χ0) is 17.2. The first-order chi connectivity index (χ1) is 11.6. The van der Waals surface area contributed by atoms with Crippen LogP contribution in [0.2, 0.25) is 0 Å². The van der Waals surface area contributed by atoms with Crippen molar-refractivity contribution in [3.8, 4) is 0 Å². The third kappa shape index (κ3) is 6.64. The lowest BCUT2D eigenvalue weighted by Crippen LogP contribution is -2.41. The third-order valence-electron chi connectivity index (χ3n) is 4.00. The normalized spacial score (nSPS) is 15.0. The van der Waals surface area contributed by atoms with Gasteiger partial charge in [0.05, 0.1) is 13.2 Å². The summed E-state index contributed by atoms with van der Waals surface area (Å²) in [5.74, 6) is -0.0688. The molecule has 7 nitrogen and oxygen atoms in total. The quantitative estimate of drug-likeness (QED) is 0.739. The summed E-state index contributed by atoms with van der Waals surface area (Å²) < 4.78 is 5.29. The van der Waals surface area contributed by atoms with E-state index in [2.05, 4.69) is 15.2 Å². The Morgan fingerprint density at radius 2 is 2.17 bits per heavy atom. The van der Waals surface area contributed by atoms with E-state index in [0.29, 0.717) is 26.1 Å². The number of rotatable bonds is 8. The first-order valence-electron chi connectivity index (χ1n) is 8.36. The van der Waals surface area contributed by atoms with Gasteiger partial charge in [-0.05, 0) is 11.6 Å². The van der Waals surface area contributed by atoms with E-state index < -0.39 is 0 Å². The van der Waals surface area contributed by atoms with Crippen LogP contribution in [0.5, 0.6) is 0 Å². The molecule has 132 valence electrons. The van der Waals surface area contributed by atoms with Gasteiger partial charge in [0.2, 0.25) is 11.8 Å². The van der Waals surface area contributed by atoms with Gasteiger partial charge in [-0.25, -0.2) is 0 Å². The van der Waals surface area contributed by atoms with Gasteiger partial charge in [-0.1, -0.05) is 6.07 Å². The van der Waals surface area contributed by atoms with Gasteiger partial charge in [-0.15, -0.1) is 0 Å². The SMILES string of the molecule is CC(=O)N(CCC(=O)NCCN1CCOCC1)Cc1cccnc1. The molecule has 1 aliphatic heterocycles. The fraction of sp³-hybridized carbons (Fsp3) is 0.588. The molecule has 7 heteroatoms. The summed E-state index contributed by atoms with van der Waals surface area (Å²) in [6.45, 7) is 7.22. The molecule has 0 bridgehead atoms. The van der Waals surface area contributed by atoms with E-state index in [1.54, 1.807) is 17.3 Å². The predicted octanol–water partition coefficient (Wildman–Crippen LogP) is 0.269. The number of pyridine rings is 1. The van der Waals surface area contributed by atoms with Crippen molar-refractivity contribution in [2.75, 3.05) is 45.9 Å². The molecule has 2 rings (SSSR count). The second-order valence-corrected chi connectivity index (χ2v) is 5.86. The van der Waals surface area contributed by atoms with Gasteiger partial charge >= 0.3 is 0 Å². The summed E-state index contributed by atoms with van der Waals surface area (Å²) in [4.78, 5) is 31.7. The molecular formula is C17H26N4O3. The molecule has 2 amide bonds. The molecule has 2 heterocycles. The molecule has 1 aromatic heterocycles. The summed E-state index contributed by atoms with van der Waals surface area (Å²) >= 11 is 0. The van der Waals surface area contributed by atoms with Crippen LogP contribution < -0.4 is 5.32 Å². The van der Waals surface area contributed by atoms with Crippen molar-refractivity contribution in [3.63, 3.8) is 0 Å². The van der Waals surface area contributed by atoms with Crippen LogP contribution in [0.3, 0.4) is 0 Å². The number of carbonyl (C=O) groups excluding carboxylic acids is 2. The minimum absolute atomic E-state index is 0.0271. The second-order valence-electron chi connectivity index (χ2n) is 5.86. The molecule has 24 heavy (non-hydrogen) atoms. The molecular weight excluding hydrogens is 308 g/mol. The number of amides is 2. The number of nitrogens with zero attached hydrogens (tertiary/aromatic N) is 3. The van der Waals surface area contributed by atoms with Crippen LogP contribution in [0, 0.1) is 0 Å². The van der Waals surface area contributed by atoms with Crippen molar-refractivity contribution in [1.82, 2.24) is 20.1 Å². The van der Waals surface area contributed by atoms with Gasteiger partial charge in [0.15, 0.2) is 0 Å². The third-order valence-corrected chi connectivity index (χ3v) is 4.00. The fourth-order valence-corrected chi connectivity index (χ4v) is 2.56. The fourth-order valence-electron chi connectivity index (χ4n) is 2.56. The van der Waals surface area contributed by atoms with E-state index in [4.69, 9.17) is 4.74 Å². The summed E-state index contributed by atoms with van der Waals surface area (Å²) in [5, 5.41) is 2.92. The highest BCUT2D eigenvalue weighted by atomic mass is 16.5. The molecule has 1 aromatic rings. The van der Waals surface area contributed by atoms with E-state index in [1.165, 1.54) is 6.92 Å². The highest BCUT2D eigenvalue weighted by Crippen LogP contribution is 2.04. The lowest BCUT2D eigenvalue weighted by atomic mass is 10.2. The van der Waals surface area contributed by atoms with Gasteiger partial charge in [0.25, 0.3) is 0 Å². The molecule has 0 spiro atoms. The van der Waals surface area contributed by atoms with Crippen LogP contribution in [0.15, 0.2) is 24.5 Å². The Kier molecular flexibility index (Phi) is 7.64. The van der Waals surface area contributed by atoms with Crippen molar-refractivity contribution < 1.29 is 14.3 Å². The maximum Gasteiger partial charge on any atom is 0.221 e. The number of hydrogen-bond acceptors (Lipinski definition) is 5. The number of aromatic nitrogens is 1. The summed E-state index contributed by atoms with van der Waals surface area (Å²) in [6, 6.07) is 3.76. The minimum Gasteiger partial charge on any atom is -0.379 e. The molecule has 0 saturated carbocycles. The van der Waals surface area contributed by atoms with Crippen LogP contribution in [0.4, 0.5) is 0 Å². The highest BCUT2D eigenvalue weighted by Gasteiger charge is 2.13. The Bertz CT molecular complexity index is 518. The summed E-state index contributed by atoms with van der Waals surface area (Å²) in [6.07, 6.45) is 3.74. The van der Waals surface area contributed by atoms with Crippen molar-refractivity contribution >= 4 is 11.8 Å². The van der Waals surface area contributed by atoms with E-state index >= 15 is 0 Å². The summed E-state index contributed by atoms with van der Waals surface area (Å²) in [5.41, 5.74) is 0.959. The van der Waals surface area contributed by atoms with Gasteiger partial charge < -0.3 is 15.0 Å². The molecule has 0 aliphatic carbocycles. The average molecular weight is 334 g/mol. The predicted molar refractivity (Wildman–Crippen MR) is 90.2 cm³/mol. The largest absolute Gasteiger partial charge is 0.379 e. The maximum absolute atomic E-state index is 12.0. The lowest BCUT2D eigenvalue weighted by molar-refractivity contribution is -0.130. The molecule has 0 radical (unpaired) electrons. The molecule has 0 aromatic carbocycles. The first-order valence-corrected chi connectivity index (χ1v) is 8.36. The zero-order valence-electron chi connectivity index (χ0n) is 14.2. The topological polar surface area (TPSA) is 74.8 Å². The molecule has 1 saturated heterocycles. The molecule has 1 aliphatic rings. The second kappa shape index (κ2) is 10.00. The van der Waals surface area contributed by atoms with Crippen LogP contribution >= 0.6 is 0 Å². The standard InChI is InChI=1S/C17H26N4O3/c1-15(22)21(14-16-3-2-5-18-13-16)7-4-17(23)19-6-8-20-9-11-24-12-10-20/h2-3,5,13H,4,6-12,14H2,1H3,(H,19,23). The van der Waals surface area contributed by atoms with Gasteiger partial charge in [0.1, 0.15) is 0 Å². The number of hydrogen-bond donors (Lipinski definition) is 1. The Hall–Kier alpha value is -1.99. The zero-order valence-corrected chi connectivity index (χ0v) is 14.2. The smallest absolute Gasteiger partial charge is 0.221 e. The lowest BCUT2D eigenvalue weighted by Gasteiger charge is -2.26. The minimum atomic E-state index is -0.0417. The number of nitrogens with one attached hydrogen (secondary N) is 1. The molecule has 1 fully saturated rings. The number of ether oxygens (including phenoxy) is 1. The van der Waals surface area contributed by atoms with Crippen LogP contribution in [0.1, 0.15) is 18.9 Å². The van der Waals surface area contributed by atoms with E-state index in [9.17, 15) is 9.59 Å². The summed E-state index contributed by atoms with van der Waals surface area (Å²) in [7, 11) is 0. The number of morpholine rings is 1. The Morgan fingerprint density at radius 1 is 1.38 bits per heavy atom. The van der Waals surface area contributed by atoms with E-state index in [1.807, 2.05) is 12.1 Å². The van der Waals surface area contributed by atoms with Gasteiger partial charge in [0, 0.05) is 65.0 Å². The van der Waals surface area contributed by atoms with E-state index in [0.717, 1.165) is 38.4 Å². The maximum atomic E-state index is 12.0. The van der Waals surface area contributed by atoms with Gasteiger partial charge in [-0.3, -0.25) is 19.5 Å². The van der Waals surface area contributed by atoms with Crippen LogP contribution in [-0.2, 0) is 20.9 Å². The van der Waals surface area contributed by atoms with Crippen molar-refractivity contribution in [2.24, 2.45) is 0 Å². The first kappa shape index (κ1) is 18.4. The van der Waals surface area contributed by atoms with Crippen molar-refractivity contribution in [2.45, 2.75) is 19.9 Å². The van der Waals surface area contributed by atoms with E-state index in [-0.39, 0.29) is 11.8 Å². The molecule has 0 atom stereocenters. The van der Waals surface area contributed by atoms with Crippen LogP contribution in [-0.4, -0.2) is 72.5 Å². The van der Waals surface area contributed by atoms with Crippen molar-refractivity contribution in [1.29, 1.82) is 0 Å². The Balaban J connectivity index is 1.67.